The van der Waals surface area contributed by atoms with Gasteiger partial charge in [0.25, 0.3) is 0 Å². The van der Waals surface area contributed by atoms with E-state index in [2.05, 4.69) is 132 Å². The lowest BCUT2D eigenvalue weighted by Gasteiger charge is -2.13. The molecule has 0 atom stereocenters. The predicted molar refractivity (Wildman–Crippen MR) is 162 cm³/mol. The molecule has 0 aliphatic heterocycles. The normalized spacial score (nSPS) is 11.6. The maximum absolute atomic E-state index is 5.25. The number of nitrogens with zero attached hydrogens (tertiary/aromatic N) is 3. The van der Waals surface area contributed by atoms with Gasteiger partial charge in [-0.2, -0.15) is 0 Å². The van der Waals surface area contributed by atoms with E-state index in [1.807, 2.05) is 12.1 Å². The van der Waals surface area contributed by atoms with Gasteiger partial charge >= 0.3 is 0 Å². The predicted octanol–water partition coefficient (Wildman–Crippen LogP) is 9.21. The van der Waals surface area contributed by atoms with E-state index in [-0.39, 0.29) is 0 Å². The minimum atomic E-state index is 0.674. The Morgan fingerprint density at radius 2 is 1.03 bits per heavy atom. The molecule has 3 heteroatoms. The Morgan fingerprint density at radius 1 is 0.436 bits per heavy atom. The zero-order valence-corrected chi connectivity index (χ0v) is 21.1. The molecule has 0 N–H and O–H groups in total. The fourth-order valence-electron chi connectivity index (χ4n) is 5.88. The lowest BCUT2D eigenvalue weighted by molar-refractivity contribution is 1.01. The van der Waals surface area contributed by atoms with Crippen LogP contribution in [-0.4, -0.2) is 14.5 Å². The van der Waals surface area contributed by atoms with Crippen molar-refractivity contribution in [3.63, 3.8) is 0 Å². The van der Waals surface area contributed by atoms with Gasteiger partial charge in [0.15, 0.2) is 0 Å². The van der Waals surface area contributed by atoms with Gasteiger partial charge in [0, 0.05) is 21.7 Å². The summed E-state index contributed by atoms with van der Waals surface area (Å²) in [5.41, 5.74) is 7.53. The van der Waals surface area contributed by atoms with E-state index in [0.717, 1.165) is 33.2 Å². The lowest BCUT2D eigenvalue weighted by Crippen LogP contribution is -2.03. The van der Waals surface area contributed by atoms with Crippen LogP contribution in [0.15, 0.2) is 140 Å². The standard InChI is InChI=1S/C36H23N3/c1-3-13-24(14-4-1)30-23-33-34(27-18-8-7-17-26(27)30)29-20-10-12-22-32(29)39(33)36-37-31-21-11-9-19-28(31)35(38-36)25-15-5-2-6-16-25/h1-23H. The summed E-state index contributed by atoms with van der Waals surface area (Å²) in [6.07, 6.45) is 0. The zero-order valence-electron chi connectivity index (χ0n) is 21.1. The van der Waals surface area contributed by atoms with E-state index in [4.69, 9.17) is 9.97 Å². The van der Waals surface area contributed by atoms with Gasteiger partial charge < -0.3 is 0 Å². The minimum absolute atomic E-state index is 0.674. The van der Waals surface area contributed by atoms with Crippen LogP contribution in [0.2, 0.25) is 0 Å². The number of para-hydroxylation sites is 2. The van der Waals surface area contributed by atoms with Crippen LogP contribution in [0, 0.1) is 0 Å². The molecule has 0 aliphatic rings. The second kappa shape index (κ2) is 8.64. The third kappa shape index (κ3) is 3.37. The van der Waals surface area contributed by atoms with E-state index in [9.17, 15) is 0 Å². The molecule has 182 valence electrons. The number of hydrogen-bond acceptors (Lipinski definition) is 2. The quantitative estimate of drug-likeness (QED) is 0.244. The lowest BCUT2D eigenvalue weighted by atomic mass is 9.95. The van der Waals surface area contributed by atoms with Crippen LogP contribution in [0.4, 0.5) is 0 Å². The van der Waals surface area contributed by atoms with Crippen LogP contribution in [0.1, 0.15) is 0 Å². The van der Waals surface area contributed by atoms with E-state index in [1.54, 1.807) is 0 Å². The topological polar surface area (TPSA) is 30.7 Å². The van der Waals surface area contributed by atoms with Gasteiger partial charge in [-0.05, 0) is 40.1 Å². The highest BCUT2D eigenvalue weighted by Crippen LogP contribution is 2.41. The molecule has 39 heavy (non-hydrogen) atoms. The van der Waals surface area contributed by atoms with Crippen molar-refractivity contribution in [1.29, 1.82) is 0 Å². The van der Waals surface area contributed by atoms with Crippen LogP contribution in [-0.2, 0) is 0 Å². The fraction of sp³-hybridized carbons (Fsp3) is 0. The Hall–Kier alpha value is -5.28. The van der Waals surface area contributed by atoms with E-state index >= 15 is 0 Å². The SMILES string of the molecule is c1ccc(-c2nc(-n3c4ccccc4c4c5ccccc5c(-c5ccccc5)cc43)nc3ccccc23)cc1. The third-order valence-corrected chi connectivity index (χ3v) is 7.60. The largest absolute Gasteiger partial charge is 0.278 e. The highest BCUT2D eigenvalue weighted by Gasteiger charge is 2.20. The molecule has 2 aromatic heterocycles. The highest BCUT2D eigenvalue weighted by atomic mass is 15.2. The summed E-state index contributed by atoms with van der Waals surface area (Å²) in [5.74, 6) is 0.674. The number of rotatable bonds is 3. The van der Waals surface area contributed by atoms with Crippen LogP contribution in [0.3, 0.4) is 0 Å². The molecule has 0 saturated heterocycles. The van der Waals surface area contributed by atoms with Gasteiger partial charge in [-0.25, -0.2) is 9.97 Å². The monoisotopic (exact) mass is 497 g/mol. The molecular weight excluding hydrogens is 474 g/mol. The first-order chi connectivity index (χ1) is 19.4. The van der Waals surface area contributed by atoms with Crippen LogP contribution >= 0.6 is 0 Å². The molecule has 6 aromatic carbocycles. The summed E-state index contributed by atoms with van der Waals surface area (Å²) >= 11 is 0. The number of benzene rings is 6. The Balaban J connectivity index is 1.55. The molecular formula is C36H23N3. The first-order valence-electron chi connectivity index (χ1n) is 13.2. The Kier molecular flexibility index (Phi) is 4.82. The maximum Gasteiger partial charge on any atom is 0.235 e. The van der Waals surface area contributed by atoms with Gasteiger partial charge in [0.1, 0.15) is 0 Å². The second-order valence-corrected chi connectivity index (χ2v) is 9.84. The molecule has 0 spiro atoms. The number of fused-ring (bicyclic) bond motifs is 6. The average Bonchev–Trinajstić information content (AvgIpc) is 3.35. The van der Waals surface area contributed by atoms with Gasteiger partial charge in [-0.15, -0.1) is 0 Å². The molecule has 0 fully saturated rings. The molecule has 0 unspecified atom stereocenters. The van der Waals surface area contributed by atoms with Crippen molar-refractivity contribution >= 4 is 43.5 Å². The molecule has 3 nitrogen and oxygen atoms in total. The Morgan fingerprint density at radius 3 is 1.79 bits per heavy atom. The van der Waals surface area contributed by atoms with E-state index in [1.165, 1.54) is 32.7 Å². The minimum Gasteiger partial charge on any atom is -0.278 e. The highest BCUT2D eigenvalue weighted by molar-refractivity contribution is 6.24. The molecule has 0 amide bonds. The van der Waals surface area contributed by atoms with E-state index in [0.29, 0.717) is 5.95 Å². The summed E-state index contributed by atoms with van der Waals surface area (Å²) in [6.45, 7) is 0. The van der Waals surface area contributed by atoms with Crippen molar-refractivity contribution in [1.82, 2.24) is 14.5 Å². The molecule has 0 radical (unpaired) electrons. The number of aromatic nitrogens is 3. The first-order valence-corrected chi connectivity index (χ1v) is 13.2. The molecule has 0 aliphatic carbocycles. The summed E-state index contributed by atoms with van der Waals surface area (Å²) in [7, 11) is 0. The Labute approximate surface area is 225 Å². The van der Waals surface area contributed by atoms with Crippen molar-refractivity contribution in [3.8, 4) is 28.3 Å². The molecule has 0 saturated carbocycles. The molecule has 0 bridgehead atoms. The first kappa shape index (κ1) is 21.8. The van der Waals surface area contributed by atoms with Crippen molar-refractivity contribution in [3.05, 3.63) is 140 Å². The smallest absolute Gasteiger partial charge is 0.235 e. The third-order valence-electron chi connectivity index (χ3n) is 7.60. The summed E-state index contributed by atoms with van der Waals surface area (Å²) in [4.78, 5) is 10.4. The van der Waals surface area contributed by atoms with E-state index < -0.39 is 0 Å². The van der Waals surface area contributed by atoms with Crippen molar-refractivity contribution in [2.45, 2.75) is 0 Å². The van der Waals surface area contributed by atoms with Crippen LogP contribution < -0.4 is 0 Å². The van der Waals surface area contributed by atoms with Crippen LogP contribution in [0.25, 0.3) is 71.8 Å². The fourth-order valence-corrected chi connectivity index (χ4v) is 5.88. The van der Waals surface area contributed by atoms with Crippen molar-refractivity contribution in [2.24, 2.45) is 0 Å². The van der Waals surface area contributed by atoms with Gasteiger partial charge in [0.05, 0.1) is 22.2 Å². The zero-order chi connectivity index (χ0) is 25.8. The second-order valence-electron chi connectivity index (χ2n) is 9.84. The maximum atomic E-state index is 5.25. The molecule has 2 heterocycles. The van der Waals surface area contributed by atoms with Crippen molar-refractivity contribution in [2.75, 3.05) is 0 Å². The van der Waals surface area contributed by atoms with Gasteiger partial charge in [-0.1, -0.05) is 121 Å². The average molecular weight is 498 g/mol. The summed E-state index contributed by atoms with van der Waals surface area (Å²) in [5, 5.41) is 5.93. The number of hydrogen-bond donors (Lipinski definition) is 0. The molecule has 8 rings (SSSR count). The Bertz CT molecular complexity index is 2160. The van der Waals surface area contributed by atoms with Gasteiger partial charge in [0.2, 0.25) is 5.95 Å². The van der Waals surface area contributed by atoms with Gasteiger partial charge in [-0.3, -0.25) is 4.57 Å². The summed E-state index contributed by atoms with van der Waals surface area (Å²) in [6, 6.07) is 48.9. The molecule has 8 aromatic rings. The summed E-state index contributed by atoms with van der Waals surface area (Å²) < 4.78 is 2.24. The van der Waals surface area contributed by atoms with Crippen molar-refractivity contribution < 1.29 is 0 Å². The van der Waals surface area contributed by atoms with Crippen LogP contribution in [0.5, 0.6) is 0 Å².